The molecule has 1 aromatic carbocycles. The average Bonchev–Trinajstić information content (AvgIpc) is 2.80. The van der Waals surface area contributed by atoms with Crippen LogP contribution in [-0.4, -0.2) is 54.9 Å². The third-order valence-corrected chi connectivity index (χ3v) is 6.24. The average molecular weight is 329 g/mol. The molecule has 0 fully saturated rings. The van der Waals surface area contributed by atoms with E-state index in [1.165, 1.54) is 5.56 Å². The molecule has 128 valence electrons. The maximum absolute atomic E-state index is 11.8. The van der Waals surface area contributed by atoms with E-state index in [9.17, 15) is 9.90 Å². The largest absolute Gasteiger partial charge is 0.485 e. The summed E-state index contributed by atoms with van der Waals surface area (Å²) in [5.74, 6) is 0.339. The summed E-state index contributed by atoms with van der Waals surface area (Å²) in [4.78, 5) is 11.8. The molecule has 4 rings (SSSR count). The van der Waals surface area contributed by atoms with Crippen molar-refractivity contribution in [3.05, 3.63) is 41.0 Å². The molecule has 1 aromatic rings. The van der Waals surface area contributed by atoms with Crippen molar-refractivity contribution in [1.82, 2.24) is 0 Å². The van der Waals surface area contributed by atoms with Crippen molar-refractivity contribution < 1.29 is 19.1 Å². The van der Waals surface area contributed by atoms with Gasteiger partial charge in [-0.15, -0.1) is 0 Å². The van der Waals surface area contributed by atoms with Crippen LogP contribution in [0, 0.1) is 5.92 Å². The van der Waals surface area contributed by atoms with Crippen molar-refractivity contribution in [3.8, 4) is 5.75 Å². The molecule has 4 unspecified atom stereocenters. The second-order valence-corrected chi connectivity index (χ2v) is 8.45. The number of hydrogen-bond acceptors (Lipinski definition) is 3. The van der Waals surface area contributed by atoms with E-state index >= 15 is 0 Å². The van der Waals surface area contributed by atoms with Gasteiger partial charge < -0.3 is 20.1 Å². The van der Waals surface area contributed by atoms with Crippen molar-refractivity contribution in [2.75, 3.05) is 21.1 Å². The monoisotopic (exact) mass is 329 g/mol. The van der Waals surface area contributed by atoms with Gasteiger partial charge >= 0.3 is 0 Å². The van der Waals surface area contributed by atoms with Crippen LogP contribution in [-0.2, 0) is 11.8 Å². The second-order valence-electron chi connectivity index (χ2n) is 8.45. The fourth-order valence-corrected chi connectivity index (χ4v) is 5.04. The summed E-state index contributed by atoms with van der Waals surface area (Å²) in [5, 5.41) is 10.5. The Kier molecular flexibility index (Phi) is 3.01. The number of aliphatic hydroxyl groups excluding tert-OH is 1. The van der Waals surface area contributed by atoms with E-state index < -0.39 is 12.0 Å². The van der Waals surface area contributed by atoms with E-state index in [0.29, 0.717) is 17.4 Å². The van der Waals surface area contributed by atoms with Crippen molar-refractivity contribution in [3.63, 3.8) is 0 Å². The van der Waals surface area contributed by atoms with Gasteiger partial charge in [0.2, 0.25) is 0 Å². The molecule has 0 radical (unpaired) electrons. The zero-order valence-corrected chi connectivity index (χ0v) is 14.6. The molecule has 0 spiro atoms. The van der Waals surface area contributed by atoms with Gasteiger partial charge in [-0.3, -0.25) is 4.79 Å². The van der Waals surface area contributed by atoms with Gasteiger partial charge in [0.05, 0.1) is 32.7 Å². The number of carbonyl (C=O) groups excluding carboxylic acids is 1. The van der Waals surface area contributed by atoms with E-state index in [2.05, 4.69) is 34.1 Å². The van der Waals surface area contributed by atoms with Crippen molar-refractivity contribution in [2.45, 2.75) is 37.0 Å². The van der Waals surface area contributed by atoms with Gasteiger partial charge in [0.25, 0.3) is 5.91 Å². The number of quaternary nitrogens is 1. The summed E-state index contributed by atoms with van der Waals surface area (Å²) in [6.07, 6.45) is 3.85. The Balaban J connectivity index is 2.00. The van der Waals surface area contributed by atoms with Crippen LogP contribution in [0.2, 0.25) is 0 Å². The SMILES string of the molecule is CC12c3c4ccc(C(N)=O)c3OC1C(O)C=CC2[C@H]([N+](C)(C)C)C4. The Morgan fingerprint density at radius 2 is 2.04 bits per heavy atom. The predicted molar refractivity (Wildman–Crippen MR) is 90.9 cm³/mol. The number of likely N-dealkylation sites (N-methyl/N-ethyl adjacent to an activating group) is 1. The van der Waals surface area contributed by atoms with Gasteiger partial charge in [-0.25, -0.2) is 0 Å². The zero-order valence-electron chi connectivity index (χ0n) is 14.6. The molecule has 1 heterocycles. The first-order valence-electron chi connectivity index (χ1n) is 8.46. The maximum Gasteiger partial charge on any atom is 0.252 e. The molecule has 1 aliphatic heterocycles. The molecule has 3 N–H and O–H groups in total. The fraction of sp³-hybridized carbons (Fsp3) is 0.526. The van der Waals surface area contributed by atoms with Crippen LogP contribution in [0.1, 0.15) is 28.4 Å². The Morgan fingerprint density at radius 3 is 2.67 bits per heavy atom. The number of primary amides is 1. The van der Waals surface area contributed by atoms with Crippen LogP contribution in [0.5, 0.6) is 5.75 Å². The van der Waals surface area contributed by atoms with Crippen LogP contribution in [0.3, 0.4) is 0 Å². The molecule has 5 atom stereocenters. The van der Waals surface area contributed by atoms with Gasteiger partial charge in [0, 0.05) is 23.3 Å². The van der Waals surface area contributed by atoms with Crippen LogP contribution in [0.25, 0.3) is 0 Å². The third-order valence-electron chi connectivity index (χ3n) is 6.24. The summed E-state index contributed by atoms with van der Waals surface area (Å²) in [7, 11) is 6.63. The minimum absolute atomic E-state index is 0.239. The smallest absolute Gasteiger partial charge is 0.252 e. The number of hydrogen-bond donors (Lipinski definition) is 2. The molecule has 0 aromatic heterocycles. The van der Waals surface area contributed by atoms with E-state index in [-0.39, 0.29) is 17.4 Å². The fourth-order valence-electron chi connectivity index (χ4n) is 5.04. The molecule has 5 nitrogen and oxygen atoms in total. The van der Waals surface area contributed by atoms with E-state index in [1.807, 2.05) is 12.1 Å². The molecular weight excluding hydrogens is 304 g/mol. The topological polar surface area (TPSA) is 72.6 Å². The van der Waals surface area contributed by atoms with Crippen molar-refractivity contribution in [1.29, 1.82) is 0 Å². The van der Waals surface area contributed by atoms with E-state index in [0.717, 1.165) is 16.5 Å². The minimum Gasteiger partial charge on any atom is -0.485 e. The second kappa shape index (κ2) is 4.61. The van der Waals surface area contributed by atoms with Gasteiger partial charge in [-0.2, -0.15) is 0 Å². The lowest BCUT2D eigenvalue weighted by atomic mass is 9.57. The minimum atomic E-state index is -0.682. The number of benzene rings is 1. The summed E-state index contributed by atoms with van der Waals surface area (Å²) in [5.41, 5.74) is 7.90. The highest BCUT2D eigenvalue weighted by Crippen LogP contribution is 2.58. The van der Waals surface area contributed by atoms with Crippen LogP contribution >= 0.6 is 0 Å². The molecule has 5 heteroatoms. The van der Waals surface area contributed by atoms with Crippen molar-refractivity contribution >= 4 is 5.91 Å². The highest BCUT2D eigenvalue weighted by molar-refractivity contribution is 5.97. The summed E-state index contributed by atoms with van der Waals surface area (Å²) >= 11 is 0. The third kappa shape index (κ3) is 1.80. The van der Waals surface area contributed by atoms with Crippen LogP contribution < -0.4 is 10.5 Å². The lowest BCUT2D eigenvalue weighted by Gasteiger charge is -2.51. The Labute approximate surface area is 142 Å². The molecule has 24 heavy (non-hydrogen) atoms. The lowest BCUT2D eigenvalue weighted by Crippen LogP contribution is -2.62. The van der Waals surface area contributed by atoms with E-state index in [4.69, 9.17) is 10.5 Å². The zero-order chi connectivity index (χ0) is 17.4. The van der Waals surface area contributed by atoms with Gasteiger partial charge in [0.15, 0.2) is 0 Å². The number of amides is 1. The standard InChI is InChI=1S/C19H24N2O3/c1-19-12-7-8-14(22)17(19)24-16-11(18(20)23)6-5-10(15(16)19)9-13(12)21(2,3)4/h5-8,12-14,17,22H,9H2,1-4H3,(H-,20,23)/p+1/t12?,13-,14?,17?,19?/m1/s1. The Bertz CT molecular complexity index is 765. The van der Waals surface area contributed by atoms with Gasteiger partial charge in [-0.05, 0) is 11.6 Å². The number of ether oxygens (including phenoxy) is 1. The maximum atomic E-state index is 11.8. The molecule has 0 saturated heterocycles. The summed E-state index contributed by atoms with van der Waals surface area (Å²) in [6, 6.07) is 4.16. The van der Waals surface area contributed by atoms with Crippen LogP contribution in [0.15, 0.2) is 24.3 Å². The number of rotatable bonds is 2. The summed E-state index contributed by atoms with van der Waals surface area (Å²) in [6.45, 7) is 2.16. The molecule has 0 saturated carbocycles. The highest BCUT2D eigenvalue weighted by atomic mass is 16.5. The first-order valence-corrected chi connectivity index (χ1v) is 8.46. The molecular formula is C19H25N2O3+. The molecule has 2 aliphatic carbocycles. The predicted octanol–water partition coefficient (Wildman–Crippen LogP) is 0.982. The number of nitrogens with zero attached hydrogens (tertiary/aromatic N) is 1. The lowest BCUT2D eigenvalue weighted by molar-refractivity contribution is -0.900. The normalized spacial score (nSPS) is 36.2. The Morgan fingerprint density at radius 1 is 1.33 bits per heavy atom. The van der Waals surface area contributed by atoms with Gasteiger partial charge in [0.1, 0.15) is 18.0 Å². The molecule has 0 bridgehead atoms. The van der Waals surface area contributed by atoms with Crippen LogP contribution in [0.4, 0.5) is 0 Å². The number of aliphatic hydroxyl groups is 1. The Hall–Kier alpha value is -1.85. The number of carbonyl (C=O) groups is 1. The molecule has 3 aliphatic rings. The highest BCUT2D eigenvalue weighted by Gasteiger charge is 2.62. The molecule has 1 amide bonds. The number of nitrogens with two attached hydrogens (primary N) is 1. The quantitative estimate of drug-likeness (QED) is 0.628. The first kappa shape index (κ1) is 15.7. The van der Waals surface area contributed by atoms with Crippen molar-refractivity contribution in [2.24, 2.45) is 11.7 Å². The van der Waals surface area contributed by atoms with E-state index in [1.54, 1.807) is 6.07 Å². The first-order chi connectivity index (χ1) is 11.2. The van der Waals surface area contributed by atoms with Gasteiger partial charge in [-0.1, -0.05) is 25.1 Å². The summed E-state index contributed by atoms with van der Waals surface area (Å²) < 4.78 is 6.99.